The van der Waals surface area contributed by atoms with Crippen LogP contribution < -0.4 is 5.73 Å². The highest BCUT2D eigenvalue weighted by Crippen LogP contribution is 1.93. The molecule has 5 nitrogen and oxygen atoms in total. The minimum Gasteiger partial charge on any atom is -0.390 e. The lowest BCUT2D eigenvalue weighted by molar-refractivity contribution is 0.171. The van der Waals surface area contributed by atoms with E-state index in [0.717, 1.165) is 0 Å². The lowest BCUT2D eigenvalue weighted by atomic mass is 10.2. The van der Waals surface area contributed by atoms with Crippen LogP contribution in [0.4, 0.5) is 0 Å². The summed E-state index contributed by atoms with van der Waals surface area (Å²) in [7, 11) is -4.10. The van der Waals surface area contributed by atoms with E-state index in [1.54, 1.807) is 0 Å². The highest BCUT2D eigenvalue weighted by atomic mass is 32.2. The fraction of sp³-hybridized carbons (Fsp3) is 1.00. The van der Waals surface area contributed by atoms with Crippen molar-refractivity contribution in [3.05, 3.63) is 0 Å². The molecule has 0 fully saturated rings. The molecule has 0 rings (SSSR count). The van der Waals surface area contributed by atoms with Gasteiger partial charge in [0.15, 0.2) is 0 Å². The summed E-state index contributed by atoms with van der Waals surface area (Å²) in [5.74, 6) is -0.704. The zero-order valence-electron chi connectivity index (χ0n) is 5.56. The first-order valence-electron chi connectivity index (χ1n) is 2.72. The Hall–Kier alpha value is -0.170. The molecule has 0 spiro atoms. The largest absolute Gasteiger partial charge is 0.390 e. The molecule has 6 heteroatoms. The molecule has 0 aliphatic heterocycles. The SMILES string of the molecule is CC(N)C(O)CS(=O)(=O)O. The van der Waals surface area contributed by atoms with E-state index in [1.165, 1.54) is 6.92 Å². The second kappa shape index (κ2) is 3.29. The molecule has 0 heterocycles. The fourth-order valence-corrected chi connectivity index (χ4v) is 1.10. The van der Waals surface area contributed by atoms with Crippen molar-refractivity contribution in [1.29, 1.82) is 0 Å². The maximum Gasteiger partial charge on any atom is 0.267 e. The van der Waals surface area contributed by atoms with Gasteiger partial charge in [-0.15, -0.1) is 0 Å². The fourth-order valence-electron chi connectivity index (χ4n) is 0.368. The summed E-state index contributed by atoms with van der Waals surface area (Å²) < 4.78 is 28.4. The Morgan fingerprint density at radius 2 is 2.00 bits per heavy atom. The van der Waals surface area contributed by atoms with E-state index in [0.29, 0.717) is 0 Å². The van der Waals surface area contributed by atoms with Crippen molar-refractivity contribution in [3.63, 3.8) is 0 Å². The number of hydrogen-bond donors (Lipinski definition) is 3. The average molecular weight is 169 g/mol. The van der Waals surface area contributed by atoms with Crippen LogP contribution in [0.2, 0.25) is 0 Å². The normalized spacial score (nSPS) is 18.4. The van der Waals surface area contributed by atoms with E-state index < -0.39 is 28.0 Å². The summed E-state index contributed by atoms with van der Waals surface area (Å²) >= 11 is 0. The van der Waals surface area contributed by atoms with Crippen LogP contribution in [-0.4, -0.2) is 36.0 Å². The van der Waals surface area contributed by atoms with Crippen molar-refractivity contribution in [2.45, 2.75) is 19.1 Å². The van der Waals surface area contributed by atoms with E-state index >= 15 is 0 Å². The first-order valence-corrected chi connectivity index (χ1v) is 4.32. The Bertz CT molecular complexity index is 185. The lowest BCUT2D eigenvalue weighted by Gasteiger charge is -2.11. The maximum atomic E-state index is 10.1. The molecular weight excluding hydrogens is 158 g/mol. The molecule has 0 aromatic rings. The Labute approximate surface area is 59.6 Å². The van der Waals surface area contributed by atoms with Crippen molar-refractivity contribution in [1.82, 2.24) is 0 Å². The molecule has 4 N–H and O–H groups in total. The lowest BCUT2D eigenvalue weighted by Crippen LogP contribution is -2.36. The van der Waals surface area contributed by atoms with Gasteiger partial charge in [-0.1, -0.05) is 0 Å². The molecule has 0 saturated heterocycles. The molecular formula is C4H11NO4S. The topological polar surface area (TPSA) is 101 Å². The Morgan fingerprint density at radius 1 is 1.60 bits per heavy atom. The van der Waals surface area contributed by atoms with E-state index in [9.17, 15) is 8.42 Å². The predicted octanol–water partition coefficient (Wildman–Crippen LogP) is -1.42. The number of hydrogen-bond acceptors (Lipinski definition) is 4. The number of aliphatic hydroxyl groups excluding tert-OH is 1. The van der Waals surface area contributed by atoms with Crippen LogP contribution in [0.15, 0.2) is 0 Å². The van der Waals surface area contributed by atoms with E-state index in [4.69, 9.17) is 15.4 Å². The summed E-state index contributed by atoms with van der Waals surface area (Å²) in [6, 6.07) is -0.651. The van der Waals surface area contributed by atoms with Gasteiger partial charge in [0.1, 0.15) is 5.75 Å². The molecule has 0 aliphatic rings. The Kier molecular flexibility index (Phi) is 3.23. The van der Waals surface area contributed by atoms with Crippen LogP contribution in [0.25, 0.3) is 0 Å². The monoisotopic (exact) mass is 169 g/mol. The molecule has 10 heavy (non-hydrogen) atoms. The standard InChI is InChI=1S/C4H11NO4S/c1-3(5)4(6)2-10(7,8)9/h3-4,6H,2,5H2,1H3,(H,7,8,9). The second-order valence-corrected chi connectivity index (χ2v) is 3.67. The van der Waals surface area contributed by atoms with Crippen molar-refractivity contribution < 1.29 is 18.1 Å². The van der Waals surface area contributed by atoms with Crippen molar-refractivity contribution in [2.24, 2.45) is 5.73 Å². The van der Waals surface area contributed by atoms with Crippen LogP contribution in [0.3, 0.4) is 0 Å². The summed E-state index contributed by atoms with van der Waals surface area (Å²) in [4.78, 5) is 0. The summed E-state index contributed by atoms with van der Waals surface area (Å²) in [5.41, 5.74) is 5.12. The summed E-state index contributed by atoms with van der Waals surface area (Å²) in [6.45, 7) is 1.45. The molecule has 0 radical (unpaired) electrons. The minimum atomic E-state index is -4.10. The average Bonchev–Trinajstić information content (AvgIpc) is 1.60. The van der Waals surface area contributed by atoms with Gasteiger partial charge in [0, 0.05) is 6.04 Å². The smallest absolute Gasteiger partial charge is 0.267 e. The zero-order valence-corrected chi connectivity index (χ0v) is 6.37. The molecule has 0 amide bonds. The third-order valence-corrected chi connectivity index (χ3v) is 1.75. The third kappa shape index (κ3) is 4.68. The van der Waals surface area contributed by atoms with Crippen LogP contribution in [0, 0.1) is 0 Å². The van der Waals surface area contributed by atoms with Crippen LogP contribution in [0.5, 0.6) is 0 Å². The Balaban J connectivity index is 3.93. The van der Waals surface area contributed by atoms with Gasteiger partial charge in [0.2, 0.25) is 0 Å². The van der Waals surface area contributed by atoms with Gasteiger partial charge in [0.25, 0.3) is 10.1 Å². The van der Waals surface area contributed by atoms with Gasteiger partial charge >= 0.3 is 0 Å². The van der Waals surface area contributed by atoms with Crippen molar-refractivity contribution >= 4 is 10.1 Å². The van der Waals surface area contributed by atoms with E-state index in [2.05, 4.69) is 0 Å². The van der Waals surface area contributed by atoms with E-state index in [-0.39, 0.29) is 0 Å². The van der Waals surface area contributed by atoms with Crippen LogP contribution in [-0.2, 0) is 10.1 Å². The molecule has 0 saturated carbocycles. The molecule has 0 aliphatic carbocycles. The molecule has 0 aromatic heterocycles. The quantitative estimate of drug-likeness (QED) is 0.450. The van der Waals surface area contributed by atoms with Crippen molar-refractivity contribution in [3.8, 4) is 0 Å². The van der Waals surface area contributed by atoms with Gasteiger partial charge in [-0.3, -0.25) is 4.55 Å². The van der Waals surface area contributed by atoms with Crippen molar-refractivity contribution in [2.75, 3.05) is 5.75 Å². The van der Waals surface area contributed by atoms with Gasteiger partial charge in [-0.25, -0.2) is 0 Å². The number of aliphatic hydroxyl groups is 1. The summed E-state index contributed by atoms with van der Waals surface area (Å²) in [6.07, 6.45) is -1.20. The van der Waals surface area contributed by atoms with Crippen LogP contribution in [0.1, 0.15) is 6.92 Å². The third-order valence-electron chi connectivity index (χ3n) is 0.988. The highest BCUT2D eigenvalue weighted by molar-refractivity contribution is 7.85. The van der Waals surface area contributed by atoms with Gasteiger partial charge in [0.05, 0.1) is 6.10 Å². The Morgan fingerprint density at radius 3 is 2.10 bits per heavy atom. The molecule has 2 unspecified atom stereocenters. The van der Waals surface area contributed by atoms with Gasteiger partial charge in [-0.05, 0) is 6.92 Å². The molecule has 2 atom stereocenters. The molecule has 0 aromatic carbocycles. The van der Waals surface area contributed by atoms with Gasteiger partial charge < -0.3 is 10.8 Å². The maximum absolute atomic E-state index is 10.1. The first-order chi connectivity index (χ1) is 4.33. The summed E-state index contributed by atoms with van der Waals surface area (Å²) in [5, 5.41) is 8.80. The van der Waals surface area contributed by atoms with E-state index in [1.807, 2.05) is 0 Å². The molecule has 62 valence electrons. The number of rotatable bonds is 3. The highest BCUT2D eigenvalue weighted by Gasteiger charge is 2.16. The van der Waals surface area contributed by atoms with Crippen LogP contribution >= 0.6 is 0 Å². The second-order valence-electron chi connectivity index (χ2n) is 2.18. The zero-order chi connectivity index (χ0) is 8.36. The predicted molar refractivity (Wildman–Crippen MR) is 36.1 cm³/mol. The molecule has 0 bridgehead atoms. The number of nitrogens with two attached hydrogens (primary N) is 1. The first kappa shape index (κ1) is 9.83. The van der Waals surface area contributed by atoms with Gasteiger partial charge in [-0.2, -0.15) is 8.42 Å². The minimum absolute atomic E-state index is 0.651.